The molecule has 0 aromatic heterocycles. The summed E-state index contributed by atoms with van der Waals surface area (Å²) in [5.41, 5.74) is 2.60. The van der Waals surface area contributed by atoms with E-state index in [9.17, 15) is 0 Å². The largest absolute Gasteiger partial charge is 0.497 e. The standard InChI is InChI=1S/C22H30N2O3/c1-4-27-22-15-19(7-10-21(22)26-3)17-24-13-11-23(12-14-24)16-18-5-8-20(25-2)9-6-18/h5-10,15H,4,11-14,16-17H2,1-3H3. The second-order valence-electron chi connectivity index (χ2n) is 6.82. The van der Waals surface area contributed by atoms with Crippen molar-refractivity contribution >= 4 is 0 Å². The molecule has 5 nitrogen and oxygen atoms in total. The highest BCUT2D eigenvalue weighted by Crippen LogP contribution is 2.28. The monoisotopic (exact) mass is 370 g/mol. The van der Waals surface area contributed by atoms with Crippen LogP contribution in [0.1, 0.15) is 18.1 Å². The van der Waals surface area contributed by atoms with Crippen molar-refractivity contribution in [1.29, 1.82) is 0 Å². The van der Waals surface area contributed by atoms with Crippen LogP contribution in [0.2, 0.25) is 0 Å². The Morgan fingerprint density at radius 2 is 1.33 bits per heavy atom. The lowest BCUT2D eigenvalue weighted by Gasteiger charge is -2.34. The maximum Gasteiger partial charge on any atom is 0.161 e. The topological polar surface area (TPSA) is 34.2 Å². The third-order valence-electron chi connectivity index (χ3n) is 4.96. The Bertz CT molecular complexity index is 710. The predicted molar refractivity (Wildman–Crippen MR) is 108 cm³/mol. The van der Waals surface area contributed by atoms with Crippen LogP contribution in [0.15, 0.2) is 42.5 Å². The van der Waals surface area contributed by atoms with Gasteiger partial charge in [0, 0.05) is 39.3 Å². The molecule has 0 unspecified atom stereocenters. The molecule has 3 rings (SSSR count). The van der Waals surface area contributed by atoms with E-state index in [0.717, 1.165) is 56.5 Å². The van der Waals surface area contributed by atoms with Crippen molar-refractivity contribution in [3.8, 4) is 17.2 Å². The first kappa shape index (κ1) is 19.5. The van der Waals surface area contributed by atoms with Crippen LogP contribution in [-0.2, 0) is 13.1 Å². The van der Waals surface area contributed by atoms with Crippen LogP contribution in [0, 0.1) is 0 Å². The van der Waals surface area contributed by atoms with Gasteiger partial charge in [0.2, 0.25) is 0 Å². The van der Waals surface area contributed by atoms with Gasteiger partial charge in [-0.3, -0.25) is 9.80 Å². The Morgan fingerprint density at radius 1 is 0.741 bits per heavy atom. The molecule has 5 heteroatoms. The molecule has 0 spiro atoms. The highest BCUT2D eigenvalue weighted by Gasteiger charge is 2.18. The number of benzene rings is 2. The van der Waals surface area contributed by atoms with E-state index in [1.807, 2.05) is 25.1 Å². The Balaban J connectivity index is 1.51. The summed E-state index contributed by atoms with van der Waals surface area (Å²) in [6, 6.07) is 14.6. The maximum atomic E-state index is 5.70. The first-order chi connectivity index (χ1) is 13.2. The van der Waals surface area contributed by atoms with Crippen molar-refractivity contribution in [1.82, 2.24) is 9.80 Å². The molecule has 1 saturated heterocycles. The Kier molecular flexibility index (Phi) is 6.96. The number of piperazine rings is 1. The van der Waals surface area contributed by atoms with E-state index < -0.39 is 0 Å². The molecule has 1 aliphatic heterocycles. The highest BCUT2D eigenvalue weighted by molar-refractivity contribution is 5.43. The van der Waals surface area contributed by atoms with Gasteiger partial charge in [-0.1, -0.05) is 18.2 Å². The lowest BCUT2D eigenvalue weighted by molar-refractivity contribution is 0.122. The van der Waals surface area contributed by atoms with Gasteiger partial charge in [-0.2, -0.15) is 0 Å². The SMILES string of the molecule is CCOc1cc(CN2CCN(Cc3ccc(OC)cc3)CC2)ccc1OC. The molecule has 0 saturated carbocycles. The highest BCUT2D eigenvalue weighted by atomic mass is 16.5. The normalized spacial score (nSPS) is 15.5. The minimum atomic E-state index is 0.643. The van der Waals surface area contributed by atoms with Crippen molar-refractivity contribution in [2.45, 2.75) is 20.0 Å². The fraction of sp³-hybridized carbons (Fsp3) is 0.455. The number of nitrogens with zero attached hydrogens (tertiary/aromatic N) is 2. The smallest absolute Gasteiger partial charge is 0.161 e. The first-order valence-electron chi connectivity index (χ1n) is 9.59. The third-order valence-corrected chi connectivity index (χ3v) is 4.96. The van der Waals surface area contributed by atoms with Crippen LogP contribution in [0.25, 0.3) is 0 Å². The molecule has 2 aromatic rings. The summed E-state index contributed by atoms with van der Waals surface area (Å²) in [5, 5.41) is 0. The van der Waals surface area contributed by atoms with E-state index in [1.165, 1.54) is 11.1 Å². The zero-order valence-corrected chi connectivity index (χ0v) is 16.6. The third kappa shape index (κ3) is 5.37. The molecule has 1 aliphatic rings. The van der Waals surface area contributed by atoms with Gasteiger partial charge >= 0.3 is 0 Å². The van der Waals surface area contributed by atoms with Gasteiger partial charge in [0.25, 0.3) is 0 Å². The summed E-state index contributed by atoms with van der Waals surface area (Å²) in [6.45, 7) is 8.90. The van der Waals surface area contributed by atoms with Gasteiger partial charge < -0.3 is 14.2 Å². The molecule has 0 aliphatic carbocycles. The second kappa shape index (κ2) is 9.62. The van der Waals surface area contributed by atoms with Gasteiger partial charge in [0.05, 0.1) is 20.8 Å². The van der Waals surface area contributed by atoms with Gasteiger partial charge in [0.15, 0.2) is 11.5 Å². The molecule has 0 atom stereocenters. The van der Waals surface area contributed by atoms with Crippen molar-refractivity contribution in [2.75, 3.05) is 47.0 Å². The Labute approximate surface area is 162 Å². The van der Waals surface area contributed by atoms with Crippen LogP contribution in [0.5, 0.6) is 17.2 Å². The predicted octanol–water partition coefficient (Wildman–Crippen LogP) is 3.42. The zero-order chi connectivity index (χ0) is 19.1. The lowest BCUT2D eigenvalue weighted by Crippen LogP contribution is -2.45. The quantitative estimate of drug-likeness (QED) is 0.711. The second-order valence-corrected chi connectivity index (χ2v) is 6.82. The van der Waals surface area contributed by atoms with Gasteiger partial charge in [-0.25, -0.2) is 0 Å². The van der Waals surface area contributed by atoms with Crippen molar-refractivity contribution in [2.24, 2.45) is 0 Å². The molecule has 2 aromatic carbocycles. The summed E-state index contributed by atoms with van der Waals surface area (Å²) >= 11 is 0. The van der Waals surface area contributed by atoms with E-state index in [0.29, 0.717) is 6.61 Å². The molecule has 1 fully saturated rings. The molecular formula is C22H30N2O3. The summed E-state index contributed by atoms with van der Waals surface area (Å²) in [4.78, 5) is 5.01. The Morgan fingerprint density at radius 3 is 1.89 bits per heavy atom. The van der Waals surface area contributed by atoms with Crippen molar-refractivity contribution in [3.05, 3.63) is 53.6 Å². The maximum absolute atomic E-state index is 5.70. The molecule has 27 heavy (non-hydrogen) atoms. The van der Waals surface area contributed by atoms with Crippen molar-refractivity contribution in [3.63, 3.8) is 0 Å². The van der Waals surface area contributed by atoms with E-state index in [2.05, 4.69) is 34.1 Å². The lowest BCUT2D eigenvalue weighted by atomic mass is 10.1. The summed E-state index contributed by atoms with van der Waals surface area (Å²) in [7, 11) is 3.38. The first-order valence-corrected chi connectivity index (χ1v) is 9.59. The van der Waals surface area contributed by atoms with E-state index in [4.69, 9.17) is 14.2 Å². The zero-order valence-electron chi connectivity index (χ0n) is 16.6. The van der Waals surface area contributed by atoms with E-state index in [-0.39, 0.29) is 0 Å². The summed E-state index contributed by atoms with van der Waals surface area (Å²) < 4.78 is 16.3. The average Bonchev–Trinajstić information content (AvgIpc) is 2.71. The number of rotatable bonds is 8. The molecule has 0 radical (unpaired) electrons. The molecular weight excluding hydrogens is 340 g/mol. The number of methoxy groups -OCH3 is 2. The number of hydrogen-bond donors (Lipinski definition) is 0. The van der Waals surface area contributed by atoms with Gasteiger partial charge in [-0.05, 0) is 42.3 Å². The van der Waals surface area contributed by atoms with Crippen LogP contribution >= 0.6 is 0 Å². The fourth-order valence-corrected chi connectivity index (χ4v) is 3.44. The average molecular weight is 370 g/mol. The Hall–Kier alpha value is -2.24. The number of ether oxygens (including phenoxy) is 3. The van der Waals surface area contributed by atoms with E-state index >= 15 is 0 Å². The summed E-state index contributed by atoms with van der Waals surface area (Å²) in [5.74, 6) is 2.54. The molecule has 1 heterocycles. The van der Waals surface area contributed by atoms with Gasteiger partial charge in [0.1, 0.15) is 5.75 Å². The van der Waals surface area contributed by atoms with Crippen LogP contribution in [-0.4, -0.2) is 56.8 Å². The minimum absolute atomic E-state index is 0.643. The molecule has 0 bridgehead atoms. The fourth-order valence-electron chi connectivity index (χ4n) is 3.44. The molecule has 146 valence electrons. The minimum Gasteiger partial charge on any atom is -0.497 e. The van der Waals surface area contributed by atoms with Crippen LogP contribution < -0.4 is 14.2 Å². The molecule has 0 amide bonds. The van der Waals surface area contributed by atoms with E-state index in [1.54, 1.807) is 14.2 Å². The van der Waals surface area contributed by atoms with Crippen LogP contribution in [0.4, 0.5) is 0 Å². The molecule has 0 N–H and O–H groups in total. The van der Waals surface area contributed by atoms with Gasteiger partial charge in [-0.15, -0.1) is 0 Å². The number of hydrogen-bond acceptors (Lipinski definition) is 5. The van der Waals surface area contributed by atoms with Crippen molar-refractivity contribution < 1.29 is 14.2 Å². The summed E-state index contributed by atoms with van der Waals surface area (Å²) in [6.07, 6.45) is 0. The van der Waals surface area contributed by atoms with Crippen LogP contribution in [0.3, 0.4) is 0 Å².